The Hall–Kier alpha value is -0.480. The van der Waals surface area contributed by atoms with Gasteiger partial charge in [-0.25, -0.2) is 13.1 Å². The largest absolute Gasteiger partial charge is 0.357 e. The normalized spacial score (nSPS) is 12.4. The lowest BCUT2D eigenvalue weighted by molar-refractivity contribution is 0.584. The van der Waals surface area contributed by atoms with E-state index in [4.69, 9.17) is 11.6 Å². The van der Waals surface area contributed by atoms with Crippen molar-refractivity contribution in [3.63, 3.8) is 0 Å². The molecule has 0 bridgehead atoms. The Morgan fingerprint density at radius 2 is 2.14 bits per heavy atom. The minimum atomic E-state index is -3.50. The van der Waals surface area contributed by atoms with Crippen molar-refractivity contribution in [2.24, 2.45) is 4.99 Å². The number of hydrogen-bond donors (Lipinski definition) is 3. The molecule has 1 aromatic rings. The molecule has 0 saturated heterocycles. The van der Waals surface area contributed by atoms with Gasteiger partial charge in [0.15, 0.2) is 5.96 Å². The maximum absolute atomic E-state index is 12.0. The summed E-state index contributed by atoms with van der Waals surface area (Å²) in [4.78, 5) is 4.32. The van der Waals surface area contributed by atoms with Crippen molar-refractivity contribution >= 4 is 50.7 Å². The van der Waals surface area contributed by atoms with E-state index in [1.165, 1.54) is 6.07 Å². The molecular weight excluding hydrogens is 364 g/mol. The van der Waals surface area contributed by atoms with Crippen molar-refractivity contribution < 1.29 is 8.42 Å². The van der Waals surface area contributed by atoms with E-state index in [1.807, 2.05) is 13.2 Å². The van der Waals surface area contributed by atoms with E-state index in [0.29, 0.717) is 16.8 Å². The Balaban J connectivity index is 2.45. The van der Waals surface area contributed by atoms with Crippen molar-refractivity contribution in [1.29, 1.82) is 0 Å². The first-order valence-corrected chi connectivity index (χ1v) is 10.8. The third-order valence-corrected chi connectivity index (χ3v) is 6.23. The number of nitrogens with one attached hydrogen (secondary N) is 3. The Morgan fingerprint density at radius 3 is 2.73 bits per heavy atom. The van der Waals surface area contributed by atoms with Gasteiger partial charge in [0.25, 0.3) is 0 Å². The molecule has 0 aliphatic heterocycles. The Kier molecular flexibility index (Phi) is 9.18. The van der Waals surface area contributed by atoms with Crippen LogP contribution in [-0.2, 0) is 10.0 Å². The first-order chi connectivity index (χ1) is 10.5. The highest BCUT2D eigenvalue weighted by Gasteiger charge is 2.15. The van der Waals surface area contributed by atoms with Gasteiger partial charge in [-0.05, 0) is 25.3 Å². The van der Waals surface area contributed by atoms with Crippen molar-refractivity contribution in [2.45, 2.75) is 11.1 Å². The zero-order chi connectivity index (χ0) is 16.4. The van der Waals surface area contributed by atoms with E-state index in [-0.39, 0.29) is 10.8 Å². The fraction of sp³-hybridized carbons (Fsp3) is 0.583. The van der Waals surface area contributed by atoms with E-state index < -0.39 is 10.0 Å². The van der Waals surface area contributed by atoms with Crippen LogP contribution in [0.5, 0.6) is 0 Å². The van der Waals surface area contributed by atoms with Crippen LogP contribution in [0.25, 0.3) is 0 Å². The fourth-order valence-electron chi connectivity index (χ4n) is 1.47. The van der Waals surface area contributed by atoms with Crippen molar-refractivity contribution in [3.05, 3.63) is 16.5 Å². The minimum absolute atomic E-state index is 0.214. The second kappa shape index (κ2) is 10.3. The number of thioether (sulfide) groups is 1. The fourth-order valence-corrected chi connectivity index (χ4v) is 4.33. The Labute approximate surface area is 145 Å². The molecule has 0 spiro atoms. The zero-order valence-electron chi connectivity index (χ0n) is 12.6. The molecule has 126 valence electrons. The summed E-state index contributed by atoms with van der Waals surface area (Å²) in [6.07, 6.45) is 2.04. The monoisotopic (exact) mass is 384 g/mol. The number of hydrogen-bond acceptors (Lipinski definition) is 5. The van der Waals surface area contributed by atoms with Gasteiger partial charge in [-0.15, -0.1) is 11.3 Å². The van der Waals surface area contributed by atoms with Crippen molar-refractivity contribution in [3.8, 4) is 0 Å². The summed E-state index contributed by atoms with van der Waals surface area (Å²) in [7, 11) is -3.50. The van der Waals surface area contributed by atoms with Crippen LogP contribution in [0, 0.1) is 0 Å². The molecule has 0 aromatic carbocycles. The highest BCUT2D eigenvalue weighted by Crippen LogP contribution is 2.25. The minimum Gasteiger partial charge on any atom is -0.357 e. The van der Waals surface area contributed by atoms with Gasteiger partial charge in [-0.3, -0.25) is 4.99 Å². The topological polar surface area (TPSA) is 82.6 Å². The third-order valence-electron chi connectivity index (χ3n) is 2.43. The highest BCUT2D eigenvalue weighted by atomic mass is 35.5. The van der Waals surface area contributed by atoms with Crippen LogP contribution < -0.4 is 15.4 Å². The molecule has 0 aliphatic rings. The number of rotatable bonds is 9. The number of thiophene rings is 1. The van der Waals surface area contributed by atoms with Gasteiger partial charge < -0.3 is 10.6 Å². The standard InChI is InChI=1S/C12H21ClN4O2S3/c1-3-14-12(16-8-9-20-2)15-6-7-17-22(18,19)11-5-4-10(13)21-11/h4-5,17H,3,6-9H2,1-2H3,(H2,14,15,16). The maximum Gasteiger partial charge on any atom is 0.250 e. The lowest BCUT2D eigenvalue weighted by Gasteiger charge is -2.10. The van der Waals surface area contributed by atoms with E-state index in [1.54, 1.807) is 17.8 Å². The molecule has 22 heavy (non-hydrogen) atoms. The lowest BCUT2D eigenvalue weighted by atomic mass is 10.6. The molecule has 10 heteroatoms. The number of aliphatic imine (C=N–C) groups is 1. The van der Waals surface area contributed by atoms with Gasteiger partial charge >= 0.3 is 0 Å². The maximum atomic E-state index is 12.0. The van der Waals surface area contributed by atoms with Gasteiger partial charge in [0, 0.05) is 25.4 Å². The molecule has 0 amide bonds. The molecule has 3 N–H and O–H groups in total. The van der Waals surface area contributed by atoms with Gasteiger partial charge in [0.1, 0.15) is 4.21 Å². The predicted octanol–water partition coefficient (Wildman–Crippen LogP) is 1.60. The molecule has 0 radical (unpaired) electrons. The van der Waals surface area contributed by atoms with E-state index in [2.05, 4.69) is 20.3 Å². The van der Waals surface area contributed by atoms with Crippen LogP contribution in [0.15, 0.2) is 21.3 Å². The Morgan fingerprint density at radius 1 is 1.36 bits per heavy atom. The average molecular weight is 385 g/mol. The number of sulfonamides is 1. The smallest absolute Gasteiger partial charge is 0.250 e. The van der Waals surface area contributed by atoms with Crippen LogP contribution in [0.2, 0.25) is 4.34 Å². The van der Waals surface area contributed by atoms with Crippen LogP contribution in [0.1, 0.15) is 6.92 Å². The summed E-state index contributed by atoms with van der Waals surface area (Å²) < 4.78 is 27.1. The molecular formula is C12H21ClN4O2S3. The molecule has 6 nitrogen and oxygen atoms in total. The number of guanidine groups is 1. The van der Waals surface area contributed by atoms with Crippen LogP contribution in [-0.4, -0.2) is 52.6 Å². The zero-order valence-corrected chi connectivity index (χ0v) is 15.8. The van der Waals surface area contributed by atoms with Crippen LogP contribution in [0.4, 0.5) is 0 Å². The van der Waals surface area contributed by atoms with Gasteiger partial charge in [-0.1, -0.05) is 11.6 Å². The second-order valence-electron chi connectivity index (χ2n) is 4.14. The van der Waals surface area contributed by atoms with Gasteiger partial charge in [0.05, 0.1) is 10.9 Å². The first-order valence-electron chi connectivity index (χ1n) is 6.75. The molecule has 0 saturated carbocycles. The highest BCUT2D eigenvalue weighted by molar-refractivity contribution is 7.98. The van der Waals surface area contributed by atoms with Crippen molar-refractivity contribution in [2.75, 3.05) is 38.2 Å². The second-order valence-corrected chi connectivity index (χ2v) is 8.83. The average Bonchev–Trinajstić information content (AvgIpc) is 2.91. The van der Waals surface area contributed by atoms with Gasteiger partial charge in [0.2, 0.25) is 10.0 Å². The summed E-state index contributed by atoms with van der Waals surface area (Å²) in [5.41, 5.74) is 0. The quantitative estimate of drug-likeness (QED) is 0.342. The summed E-state index contributed by atoms with van der Waals surface area (Å²) in [5, 5.41) is 6.29. The first kappa shape index (κ1) is 19.6. The molecule has 0 aliphatic carbocycles. The SMILES string of the molecule is CCNC(=NCCNS(=O)(=O)c1ccc(Cl)s1)NCCSC. The molecule has 0 fully saturated rings. The van der Waals surface area contributed by atoms with E-state index in [0.717, 1.165) is 30.2 Å². The molecule has 0 unspecified atom stereocenters. The third kappa shape index (κ3) is 7.19. The lowest BCUT2D eigenvalue weighted by Crippen LogP contribution is -2.39. The molecule has 1 aromatic heterocycles. The summed E-state index contributed by atoms with van der Waals surface area (Å²) >= 11 is 8.53. The Bertz CT molecular complexity index is 575. The summed E-state index contributed by atoms with van der Waals surface area (Å²) in [6.45, 7) is 4.13. The van der Waals surface area contributed by atoms with E-state index >= 15 is 0 Å². The summed E-state index contributed by atoms with van der Waals surface area (Å²) in [5.74, 6) is 1.67. The van der Waals surface area contributed by atoms with Crippen molar-refractivity contribution in [1.82, 2.24) is 15.4 Å². The van der Waals surface area contributed by atoms with Crippen LogP contribution in [0.3, 0.4) is 0 Å². The number of halogens is 1. The van der Waals surface area contributed by atoms with Gasteiger partial charge in [-0.2, -0.15) is 11.8 Å². The van der Waals surface area contributed by atoms with Crippen LogP contribution >= 0.6 is 34.7 Å². The van der Waals surface area contributed by atoms with E-state index in [9.17, 15) is 8.42 Å². The molecule has 1 rings (SSSR count). The number of nitrogens with zero attached hydrogens (tertiary/aromatic N) is 1. The molecule has 0 atom stereocenters. The predicted molar refractivity (Wildman–Crippen MR) is 96.9 cm³/mol. The summed E-state index contributed by atoms with van der Waals surface area (Å²) in [6, 6.07) is 3.06. The molecule has 1 heterocycles.